The number of anilines is 1. The molecule has 1 aromatic rings. The summed E-state index contributed by atoms with van der Waals surface area (Å²) in [6, 6.07) is 1.77. The summed E-state index contributed by atoms with van der Waals surface area (Å²) in [5.74, 6) is 0. The highest BCUT2D eigenvalue weighted by Gasteiger charge is 2.25. The van der Waals surface area contributed by atoms with Gasteiger partial charge in [-0.1, -0.05) is 19.9 Å². The predicted octanol–water partition coefficient (Wildman–Crippen LogP) is 1.49. The Morgan fingerprint density at radius 1 is 1.25 bits per heavy atom. The fourth-order valence-corrected chi connectivity index (χ4v) is 3.73. The lowest BCUT2D eigenvalue weighted by Gasteiger charge is -2.23. The minimum atomic E-state index is -3.65. The first-order chi connectivity index (χ1) is 9.02. The summed E-state index contributed by atoms with van der Waals surface area (Å²) in [6.45, 7) is 8.97. The van der Waals surface area contributed by atoms with Gasteiger partial charge in [-0.25, -0.2) is 13.1 Å². The molecule has 0 amide bonds. The molecule has 0 heterocycles. The number of nitrogens with two attached hydrogens (primary N) is 1. The van der Waals surface area contributed by atoms with Crippen molar-refractivity contribution in [2.24, 2.45) is 5.41 Å². The number of benzene rings is 1. The van der Waals surface area contributed by atoms with Crippen molar-refractivity contribution in [1.82, 2.24) is 4.72 Å². The Balaban J connectivity index is 3.21. The van der Waals surface area contributed by atoms with Crippen molar-refractivity contribution in [3.05, 3.63) is 22.8 Å². The van der Waals surface area contributed by atoms with Crippen LogP contribution in [0.4, 0.5) is 5.69 Å². The maximum absolute atomic E-state index is 12.5. The largest absolute Gasteiger partial charge is 0.398 e. The first-order valence-electron chi connectivity index (χ1n) is 6.48. The maximum atomic E-state index is 12.5. The molecule has 0 saturated heterocycles. The topological polar surface area (TPSA) is 92.4 Å². The van der Waals surface area contributed by atoms with E-state index in [1.54, 1.807) is 33.8 Å². The summed E-state index contributed by atoms with van der Waals surface area (Å²) in [5, 5.41) is 9.20. The highest BCUT2D eigenvalue weighted by Crippen LogP contribution is 2.28. The third kappa shape index (κ3) is 3.50. The Kier molecular flexibility index (Phi) is 4.84. The average Bonchev–Trinajstić information content (AvgIpc) is 2.34. The van der Waals surface area contributed by atoms with Crippen LogP contribution in [0.3, 0.4) is 0 Å². The average molecular weight is 300 g/mol. The van der Waals surface area contributed by atoms with Gasteiger partial charge in [0.15, 0.2) is 0 Å². The highest BCUT2D eigenvalue weighted by molar-refractivity contribution is 7.89. The molecule has 0 bridgehead atoms. The van der Waals surface area contributed by atoms with E-state index in [2.05, 4.69) is 4.72 Å². The lowest BCUT2D eigenvalue weighted by molar-refractivity contribution is 0.163. The van der Waals surface area contributed by atoms with Gasteiger partial charge in [-0.3, -0.25) is 0 Å². The molecule has 0 radical (unpaired) electrons. The normalized spacial score (nSPS) is 12.7. The summed E-state index contributed by atoms with van der Waals surface area (Å²) in [5.41, 5.74) is 8.02. The van der Waals surface area contributed by atoms with E-state index in [-0.39, 0.29) is 18.0 Å². The molecule has 1 rings (SSSR count). The van der Waals surface area contributed by atoms with Gasteiger partial charge in [0.05, 0.1) is 4.90 Å². The zero-order valence-electron chi connectivity index (χ0n) is 12.7. The lowest BCUT2D eigenvalue weighted by Crippen LogP contribution is -2.36. The molecule has 5 nitrogen and oxygen atoms in total. The van der Waals surface area contributed by atoms with Gasteiger partial charge in [-0.2, -0.15) is 0 Å². The monoisotopic (exact) mass is 300 g/mol. The molecule has 0 atom stereocenters. The number of aliphatic hydroxyl groups is 1. The van der Waals surface area contributed by atoms with E-state index < -0.39 is 15.4 Å². The molecule has 20 heavy (non-hydrogen) atoms. The molecule has 6 heteroatoms. The third-order valence-electron chi connectivity index (χ3n) is 3.40. The van der Waals surface area contributed by atoms with Crippen LogP contribution in [0.1, 0.15) is 30.5 Å². The van der Waals surface area contributed by atoms with Gasteiger partial charge in [-0.15, -0.1) is 0 Å². The predicted molar refractivity (Wildman–Crippen MR) is 81.1 cm³/mol. The minimum Gasteiger partial charge on any atom is -0.398 e. The molecule has 0 aliphatic rings. The molecule has 0 aliphatic heterocycles. The van der Waals surface area contributed by atoms with Crippen LogP contribution in [-0.4, -0.2) is 26.7 Å². The van der Waals surface area contributed by atoms with Crippen LogP contribution < -0.4 is 10.5 Å². The first-order valence-corrected chi connectivity index (χ1v) is 7.97. The molecular formula is C14H24N2O3S. The Bertz CT molecular complexity index is 607. The molecule has 114 valence electrons. The van der Waals surface area contributed by atoms with Crippen molar-refractivity contribution in [3.8, 4) is 0 Å². The van der Waals surface area contributed by atoms with E-state index in [0.717, 1.165) is 5.56 Å². The summed E-state index contributed by atoms with van der Waals surface area (Å²) >= 11 is 0. The van der Waals surface area contributed by atoms with E-state index in [4.69, 9.17) is 5.73 Å². The van der Waals surface area contributed by atoms with Crippen molar-refractivity contribution < 1.29 is 13.5 Å². The third-order valence-corrected chi connectivity index (χ3v) is 5.09. The number of hydrogen-bond donors (Lipinski definition) is 3. The van der Waals surface area contributed by atoms with E-state index in [9.17, 15) is 13.5 Å². The number of rotatable bonds is 5. The lowest BCUT2D eigenvalue weighted by atomic mass is 9.96. The zero-order chi connectivity index (χ0) is 15.7. The van der Waals surface area contributed by atoms with Crippen molar-refractivity contribution >= 4 is 15.7 Å². The number of nitrogen functional groups attached to an aromatic ring is 1. The molecule has 0 fully saturated rings. The summed E-state index contributed by atoms with van der Waals surface area (Å²) in [7, 11) is -3.65. The number of hydrogen-bond acceptors (Lipinski definition) is 4. The van der Waals surface area contributed by atoms with Crippen LogP contribution in [0.2, 0.25) is 0 Å². The number of nitrogens with one attached hydrogen (secondary N) is 1. The second kappa shape index (κ2) is 5.71. The molecule has 0 aromatic heterocycles. The van der Waals surface area contributed by atoms with Gasteiger partial charge >= 0.3 is 0 Å². The van der Waals surface area contributed by atoms with Crippen molar-refractivity contribution in [2.45, 2.75) is 39.5 Å². The number of aryl methyl sites for hydroxylation is 2. The second-order valence-electron chi connectivity index (χ2n) is 6.03. The van der Waals surface area contributed by atoms with Crippen LogP contribution in [0.5, 0.6) is 0 Å². The van der Waals surface area contributed by atoms with E-state index in [1.807, 2.05) is 6.92 Å². The second-order valence-corrected chi connectivity index (χ2v) is 7.73. The van der Waals surface area contributed by atoms with Gasteiger partial charge < -0.3 is 10.8 Å². The molecule has 0 saturated carbocycles. The summed E-state index contributed by atoms with van der Waals surface area (Å²) in [4.78, 5) is 0.231. The fraction of sp³-hybridized carbons (Fsp3) is 0.571. The molecule has 1 aromatic carbocycles. The van der Waals surface area contributed by atoms with Gasteiger partial charge in [-0.05, 0) is 37.5 Å². The smallest absolute Gasteiger partial charge is 0.241 e. The van der Waals surface area contributed by atoms with Crippen molar-refractivity contribution in [2.75, 3.05) is 18.9 Å². The Hall–Kier alpha value is -1.11. The van der Waals surface area contributed by atoms with Gasteiger partial charge in [0.25, 0.3) is 0 Å². The van der Waals surface area contributed by atoms with Crippen LogP contribution in [0, 0.1) is 26.2 Å². The van der Waals surface area contributed by atoms with E-state index >= 15 is 0 Å². The van der Waals surface area contributed by atoms with Gasteiger partial charge in [0, 0.05) is 24.3 Å². The standard InChI is InChI=1S/C14H24N2O3S/c1-9-6-10(2)13(11(3)12(9)15)20(18,19)16-7-14(4,5)8-17/h6,16-17H,7-8,15H2,1-5H3. The number of sulfonamides is 1. The Morgan fingerprint density at radius 2 is 1.80 bits per heavy atom. The highest BCUT2D eigenvalue weighted by atomic mass is 32.2. The molecule has 0 spiro atoms. The van der Waals surface area contributed by atoms with Crippen LogP contribution in [0.15, 0.2) is 11.0 Å². The minimum absolute atomic E-state index is 0.0937. The molecule has 4 N–H and O–H groups in total. The molecular weight excluding hydrogens is 276 g/mol. The van der Waals surface area contributed by atoms with Crippen molar-refractivity contribution in [3.63, 3.8) is 0 Å². The summed E-state index contributed by atoms with van der Waals surface area (Å²) in [6.07, 6.45) is 0. The summed E-state index contributed by atoms with van der Waals surface area (Å²) < 4.78 is 27.5. The van der Waals surface area contributed by atoms with Gasteiger partial charge in [0.2, 0.25) is 10.0 Å². The fourth-order valence-electron chi connectivity index (χ4n) is 2.01. The van der Waals surface area contributed by atoms with Crippen LogP contribution in [0.25, 0.3) is 0 Å². The first kappa shape index (κ1) is 16.9. The quantitative estimate of drug-likeness (QED) is 0.718. The number of aliphatic hydroxyl groups excluding tert-OH is 1. The molecule has 0 aliphatic carbocycles. The Morgan fingerprint density at radius 3 is 2.30 bits per heavy atom. The zero-order valence-corrected chi connectivity index (χ0v) is 13.6. The Labute approximate surface area is 121 Å². The maximum Gasteiger partial charge on any atom is 0.241 e. The molecule has 0 unspecified atom stereocenters. The van der Waals surface area contributed by atoms with E-state index in [0.29, 0.717) is 16.8 Å². The van der Waals surface area contributed by atoms with Crippen LogP contribution >= 0.6 is 0 Å². The van der Waals surface area contributed by atoms with Crippen LogP contribution in [-0.2, 0) is 10.0 Å². The van der Waals surface area contributed by atoms with Crippen molar-refractivity contribution in [1.29, 1.82) is 0 Å². The van der Waals surface area contributed by atoms with E-state index in [1.165, 1.54) is 0 Å². The SMILES string of the molecule is Cc1cc(C)c(S(=O)(=O)NCC(C)(C)CO)c(C)c1N. The van der Waals surface area contributed by atoms with Gasteiger partial charge in [0.1, 0.15) is 0 Å².